The van der Waals surface area contributed by atoms with Gasteiger partial charge < -0.3 is 19.7 Å². The molecule has 0 aromatic heterocycles. The number of fused-ring (bicyclic) bond motifs is 1. The minimum atomic E-state index is 0.358. The van der Waals surface area contributed by atoms with Crippen molar-refractivity contribution in [3.63, 3.8) is 0 Å². The van der Waals surface area contributed by atoms with Gasteiger partial charge in [-0.2, -0.15) is 0 Å². The van der Waals surface area contributed by atoms with Gasteiger partial charge in [-0.05, 0) is 43.1 Å². The molecule has 0 radical (unpaired) electrons. The predicted octanol–water partition coefficient (Wildman–Crippen LogP) is 2.45. The lowest BCUT2D eigenvalue weighted by molar-refractivity contribution is 0.171. The second-order valence-corrected chi connectivity index (χ2v) is 6.17. The van der Waals surface area contributed by atoms with Crippen LogP contribution < -0.4 is 14.8 Å². The van der Waals surface area contributed by atoms with Gasteiger partial charge in [-0.1, -0.05) is 19.9 Å². The van der Waals surface area contributed by atoms with Gasteiger partial charge in [0.1, 0.15) is 13.2 Å². The summed E-state index contributed by atoms with van der Waals surface area (Å²) in [6.45, 7) is 10.3. The van der Waals surface area contributed by atoms with Crippen LogP contribution in [0.3, 0.4) is 0 Å². The van der Waals surface area contributed by atoms with Crippen LogP contribution in [0.4, 0.5) is 0 Å². The molecule has 1 N–H and O–H groups in total. The molecule has 0 aliphatic carbocycles. The molecule has 2 heterocycles. The van der Waals surface area contributed by atoms with Crippen LogP contribution in [0.25, 0.3) is 0 Å². The third kappa shape index (κ3) is 3.50. The van der Waals surface area contributed by atoms with Crippen molar-refractivity contribution in [2.75, 3.05) is 39.4 Å². The molecule has 1 aromatic carbocycles. The molecule has 116 valence electrons. The summed E-state index contributed by atoms with van der Waals surface area (Å²) in [5.74, 6) is 2.58. The third-order valence-corrected chi connectivity index (χ3v) is 4.37. The fourth-order valence-corrected chi connectivity index (χ4v) is 3.26. The van der Waals surface area contributed by atoms with Crippen LogP contribution in [0.15, 0.2) is 18.2 Å². The molecule has 0 bridgehead atoms. The summed E-state index contributed by atoms with van der Waals surface area (Å²) in [6, 6.07) is 6.71. The summed E-state index contributed by atoms with van der Waals surface area (Å²) < 4.78 is 11.3. The Hall–Kier alpha value is -1.26. The van der Waals surface area contributed by atoms with Crippen molar-refractivity contribution >= 4 is 0 Å². The van der Waals surface area contributed by atoms with Gasteiger partial charge in [0.2, 0.25) is 0 Å². The maximum Gasteiger partial charge on any atom is 0.161 e. The number of benzene rings is 1. The molecule has 2 aliphatic heterocycles. The highest BCUT2D eigenvalue weighted by Gasteiger charge is 2.23. The highest BCUT2D eigenvalue weighted by Crippen LogP contribution is 2.33. The first-order valence-corrected chi connectivity index (χ1v) is 8.11. The normalized spacial score (nSPS) is 23.2. The summed E-state index contributed by atoms with van der Waals surface area (Å²) in [5.41, 5.74) is 1.29. The van der Waals surface area contributed by atoms with Crippen molar-refractivity contribution in [1.29, 1.82) is 0 Å². The van der Waals surface area contributed by atoms with Crippen LogP contribution in [0.5, 0.6) is 11.5 Å². The fourth-order valence-electron chi connectivity index (χ4n) is 3.26. The van der Waals surface area contributed by atoms with Crippen LogP contribution >= 0.6 is 0 Å². The van der Waals surface area contributed by atoms with E-state index < -0.39 is 0 Å². The number of nitrogens with zero attached hydrogens (tertiary/aromatic N) is 1. The van der Waals surface area contributed by atoms with Crippen LogP contribution in [0.2, 0.25) is 0 Å². The Balaban J connectivity index is 1.73. The number of likely N-dealkylation sites (tertiary alicyclic amines) is 1. The SMILES string of the molecule is CCNC(CN1CCC(C)C1)c1ccc2c(c1)OCCO2. The zero-order valence-electron chi connectivity index (χ0n) is 13.1. The number of hydrogen-bond donors (Lipinski definition) is 1. The standard InChI is InChI=1S/C17H26N2O2/c1-3-18-15(12-19-7-6-13(2)11-19)14-4-5-16-17(10-14)21-9-8-20-16/h4-5,10,13,15,18H,3,6-9,11-12H2,1-2H3. The van der Waals surface area contributed by atoms with E-state index in [1.54, 1.807) is 0 Å². The van der Waals surface area contributed by atoms with E-state index in [2.05, 4.69) is 36.2 Å². The molecule has 3 rings (SSSR count). The first-order chi connectivity index (χ1) is 10.3. The van der Waals surface area contributed by atoms with E-state index in [0.717, 1.165) is 30.5 Å². The molecule has 0 amide bonds. The van der Waals surface area contributed by atoms with Gasteiger partial charge in [0.05, 0.1) is 0 Å². The zero-order chi connectivity index (χ0) is 14.7. The second-order valence-electron chi connectivity index (χ2n) is 6.17. The molecule has 21 heavy (non-hydrogen) atoms. The Morgan fingerprint density at radius 3 is 2.81 bits per heavy atom. The molecular formula is C17H26N2O2. The molecule has 2 aliphatic rings. The van der Waals surface area contributed by atoms with E-state index in [-0.39, 0.29) is 0 Å². The first-order valence-electron chi connectivity index (χ1n) is 8.11. The van der Waals surface area contributed by atoms with Gasteiger partial charge in [0.15, 0.2) is 11.5 Å². The minimum Gasteiger partial charge on any atom is -0.486 e. The number of ether oxygens (including phenoxy) is 2. The summed E-state index contributed by atoms with van der Waals surface area (Å²) in [7, 11) is 0. The van der Waals surface area contributed by atoms with Crippen LogP contribution in [-0.4, -0.2) is 44.3 Å². The number of rotatable bonds is 5. The molecule has 4 heteroatoms. The molecule has 2 unspecified atom stereocenters. The van der Waals surface area contributed by atoms with E-state index in [1.807, 2.05) is 6.07 Å². The summed E-state index contributed by atoms with van der Waals surface area (Å²) in [6.07, 6.45) is 1.32. The van der Waals surface area contributed by atoms with E-state index in [4.69, 9.17) is 9.47 Å². The van der Waals surface area contributed by atoms with Gasteiger partial charge in [-0.3, -0.25) is 0 Å². The monoisotopic (exact) mass is 290 g/mol. The third-order valence-electron chi connectivity index (χ3n) is 4.37. The highest BCUT2D eigenvalue weighted by atomic mass is 16.6. The van der Waals surface area contributed by atoms with Crippen molar-refractivity contribution in [2.24, 2.45) is 5.92 Å². The van der Waals surface area contributed by atoms with Gasteiger partial charge in [0, 0.05) is 19.1 Å². The highest BCUT2D eigenvalue weighted by molar-refractivity contribution is 5.44. The Morgan fingerprint density at radius 1 is 1.29 bits per heavy atom. The van der Waals surface area contributed by atoms with E-state index in [9.17, 15) is 0 Å². The lowest BCUT2D eigenvalue weighted by Gasteiger charge is -2.26. The fraction of sp³-hybridized carbons (Fsp3) is 0.647. The van der Waals surface area contributed by atoms with Crippen molar-refractivity contribution in [2.45, 2.75) is 26.3 Å². The second kappa shape index (κ2) is 6.67. The van der Waals surface area contributed by atoms with Crippen LogP contribution in [-0.2, 0) is 0 Å². The van der Waals surface area contributed by atoms with Gasteiger partial charge >= 0.3 is 0 Å². The van der Waals surface area contributed by atoms with Crippen LogP contribution in [0, 0.1) is 5.92 Å². The van der Waals surface area contributed by atoms with Crippen molar-refractivity contribution < 1.29 is 9.47 Å². The average molecular weight is 290 g/mol. The summed E-state index contributed by atoms with van der Waals surface area (Å²) >= 11 is 0. The zero-order valence-corrected chi connectivity index (χ0v) is 13.1. The maximum absolute atomic E-state index is 5.71. The average Bonchev–Trinajstić information content (AvgIpc) is 2.91. The lowest BCUT2D eigenvalue weighted by atomic mass is 10.1. The van der Waals surface area contributed by atoms with Crippen molar-refractivity contribution in [1.82, 2.24) is 10.2 Å². The summed E-state index contributed by atoms with van der Waals surface area (Å²) in [4.78, 5) is 2.56. The topological polar surface area (TPSA) is 33.7 Å². The molecule has 1 saturated heterocycles. The Morgan fingerprint density at radius 2 is 2.10 bits per heavy atom. The molecule has 1 fully saturated rings. The largest absolute Gasteiger partial charge is 0.486 e. The molecule has 4 nitrogen and oxygen atoms in total. The Kier molecular flexibility index (Phi) is 4.66. The van der Waals surface area contributed by atoms with E-state index >= 15 is 0 Å². The first kappa shape index (κ1) is 14.7. The minimum absolute atomic E-state index is 0.358. The van der Waals surface area contributed by atoms with Crippen molar-refractivity contribution in [3.05, 3.63) is 23.8 Å². The number of nitrogens with one attached hydrogen (secondary N) is 1. The van der Waals surface area contributed by atoms with Crippen molar-refractivity contribution in [3.8, 4) is 11.5 Å². The molecule has 2 atom stereocenters. The number of hydrogen-bond acceptors (Lipinski definition) is 4. The quantitative estimate of drug-likeness (QED) is 0.903. The van der Waals surface area contributed by atoms with E-state index in [1.165, 1.54) is 25.1 Å². The Labute approximate surface area is 127 Å². The molecule has 0 saturated carbocycles. The molecule has 0 spiro atoms. The molecule has 1 aromatic rings. The summed E-state index contributed by atoms with van der Waals surface area (Å²) in [5, 5.41) is 3.61. The van der Waals surface area contributed by atoms with Gasteiger partial charge in [-0.25, -0.2) is 0 Å². The van der Waals surface area contributed by atoms with Gasteiger partial charge in [0.25, 0.3) is 0 Å². The van der Waals surface area contributed by atoms with Crippen LogP contribution in [0.1, 0.15) is 31.9 Å². The number of likely N-dealkylation sites (N-methyl/N-ethyl adjacent to an activating group) is 1. The smallest absolute Gasteiger partial charge is 0.161 e. The molecular weight excluding hydrogens is 264 g/mol. The predicted molar refractivity (Wildman–Crippen MR) is 84.1 cm³/mol. The Bertz CT molecular complexity index is 478. The lowest BCUT2D eigenvalue weighted by Crippen LogP contribution is -2.34. The van der Waals surface area contributed by atoms with Gasteiger partial charge in [-0.15, -0.1) is 0 Å². The maximum atomic E-state index is 5.71. The van der Waals surface area contributed by atoms with E-state index in [0.29, 0.717) is 19.3 Å².